The second-order valence-electron chi connectivity index (χ2n) is 4.72. The van der Waals surface area contributed by atoms with E-state index in [4.69, 9.17) is 17.3 Å². The summed E-state index contributed by atoms with van der Waals surface area (Å²) in [7, 11) is 0. The van der Waals surface area contributed by atoms with Crippen LogP contribution >= 0.6 is 11.6 Å². The van der Waals surface area contributed by atoms with Crippen molar-refractivity contribution in [2.45, 2.75) is 19.3 Å². The molecule has 0 aliphatic heterocycles. The normalized spacial score (nSPS) is 22.7. The molecule has 2 aromatic rings. The van der Waals surface area contributed by atoms with E-state index in [0.717, 1.165) is 27.8 Å². The summed E-state index contributed by atoms with van der Waals surface area (Å²) in [5, 5.41) is 7.94. The van der Waals surface area contributed by atoms with E-state index in [0.29, 0.717) is 11.7 Å². The van der Waals surface area contributed by atoms with E-state index >= 15 is 0 Å². The fraction of sp³-hybridized carbons (Fsp3) is 0.308. The van der Waals surface area contributed by atoms with E-state index in [2.05, 4.69) is 17.1 Å². The summed E-state index contributed by atoms with van der Waals surface area (Å²) >= 11 is 5.90. The van der Waals surface area contributed by atoms with Crippen LogP contribution in [0, 0.1) is 5.92 Å². The molecular weight excluding hydrogens is 234 g/mol. The van der Waals surface area contributed by atoms with Gasteiger partial charge in [-0.05, 0) is 30.0 Å². The number of halogens is 1. The van der Waals surface area contributed by atoms with Gasteiger partial charge in [0.25, 0.3) is 0 Å². The number of nitrogen functional groups attached to an aromatic ring is 1. The molecule has 1 aromatic heterocycles. The number of hydrogen-bond donors (Lipinski definition) is 2. The fourth-order valence-corrected chi connectivity index (χ4v) is 2.41. The van der Waals surface area contributed by atoms with Crippen molar-refractivity contribution in [3.63, 3.8) is 0 Å². The first-order valence-electron chi connectivity index (χ1n) is 5.76. The van der Waals surface area contributed by atoms with Crippen molar-refractivity contribution >= 4 is 17.4 Å². The van der Waals surface area contributed by atoms with Gasteiger partial charge in [0.15, 0.2) is 5.82 Å². The molecule has 1 aliphatic carbocycles. The van der Waals surface area contributed by atoms with Gasteiger partial charge in [-0.2, -0.15) is 5.10 Å². The van der Waals surface area contributed by atoms with Crippen molar-refractivity contribution in [3.05, 3.63) is 35.0 Å². The van der Waals surface area contributed by atoms with Crippen molar-refractivity contribution in [2.24, 2.45) is 5.92 Å². The van der Waals surface area contributed by atoms with Gasteiger partial charge in [0, 0.05) is 22.2 Å². The number of hydrogen-bond acceptors (Lipinski definition) is 2. The molecule has 1 aromatic carbocycles. The second-order valence-corrected chi connectivity index (χ2v) is 5.16. The van der Waals surface area contributed by atoms with Crippen LogP contribution in [0.4, 0.5) is 5.82 Å². The highest BCUT2D eigenvalue weighted by Gasteiger charge is 2.37. The van der Waals surface area contributed by atoms with Crippen molar-refractivity contribution < 1.29 is 0 Å². The minimum absolute atomic E-state index is 0.571. The lowest BCUT2D eigenvalue weighted by Crippen LogP contribution is -1.90. The van der Waals surface area contributed by atoms with Crippen LogP contribution in [0.5, 0.6) is 0 Å². The van der Waals surface area contributed by atoms with Crippen LogP contribution < -0.4 is 5.73 Å². The van der Waals surface area contributed by atoms with Crippen LogP contribution in [-0.4, -0.2) is 10.2 Å². The summed E-state index contributed by atoms with van der Waals surface area (Å²) in [6, 6.07) is 7.73. The van der Waals surface area contributed by atoms with Gasteiger partial charge < -0.3 is 5.73 Å². The Labute approximate surface area is 105 Å². The molecular formula is C13H14ClN3. The van der Waals surface area contributed by atoms with Crippen LogP contribution in [0.15, 0.2) is 24.3 Å². The van der Waals surface area contributed by atoms with Gasteiger partial charge in [-0.25, -0.2) is 0 Å². The van der Waals surface area contributed by atoms with Gasteiger partial charge in [-0.1, -0.05) is 30.7 Å². The Hall–Kier alpha value is -1.48. The lowest BCUT2D eigenvalue weighted by atomic mass is 10.0. The number of rotatable bonds is 2. The number of nitrogens with one attached hydrogen (secondary N) is 1. The Morgan fingerprint density at radius 3 is 2.59 bits per heavy atom. The fourth-order valence-electron chi connectivity index (χ4n) is 2.28. The van der Waals surface area contributed by atoms with Crippen LogP contribution in [0.3, 0.4) is 0 Å². The number of anilines is 1. The highest BCUT2D eigenvalue weighted by atomic mass is 35.5. The molecule has 2 unspecified atom stereocenters. The number of nitrogens with two attached hydrogens (primary N) is 1. The van der Waals surface area contributed by atoms with Gasteiger partial charge in [-0.15, -0.1) is 0 Å². The number of aromatic amines is 1. The molecule has 3 rings (SSSR count). The van der Waals surface area contributed by atoms with Crippen LogP contribution in [0.2, 0.25) is 5.02 Å². The number of aromatic nitrogens is 2. The highest BCUT2D eigenvalue weighted by Crippen LogP contribution is 2.50. The van der Waals surface area contributed by atoms with Crippen molar-refractivity contribution in [3.8, 4) is 11.1 Å². The lowest BCUT2D eigenvalue weighted by molar-refractivity contribution is 0.873. The van der Waals surface area contributed by atoms with Crippen molar-refractivity contribution in [2.75, 3.05) is 5.73 Å². The minimum Gasteiger partial charge on any atom is -0.382 e. The topological polar surface area (TPSA) is 54.7 Å². The molecule has 0 saturated heterocycles. The maximum absolute atomic E-state index is 5.95. The summed E-state index contributed by atoms with van der Waals surface area (Å²) in [6.07, 6.45) is 1.21. The molecule has 3 N–H and O–H groups in total. The number of nitrogens with zero attached hydrogens (tertiary/aromatic N) is 1. The second kappa shape index (κ2) is 3.77. The van der Waals surface area contributed by atoms with Crippen LogP contribution in [-0.2, 0) is 0 Å². The zero-order valence-electron chi connectivity index (χ0n) is 9.57. The Balaban J connectivity index is 2.07. The number of H-pyrrole nitrogens is 1. The summed E-state index contributed by atoms with van der Waals surface area (Å²) in [5.41, 5.74) is 9.23. The zero-order chi connectivity index (χ0) is 12.0. The molecule has 0 radical (unpaired) electrons. The maximum Gasteiger partial charge on any atom is 0.153 e. The summed E-state index contributed by atoms with van der Waals surface area (Å²) in [6.45, 7) is 2.24. The van der Waals surface area contributed by atoms with E-state index in [1.165, 1.54) is 6.42 Å². The van der Waals surface area contributed by atoms with Gasteiger partial charge in [0.2, 0.25) is 0 Å². The standard InChI is InChI=1S/C13H14ClN3/c1-7-6-10(7)12-11(13(15)17-16-12)8-2-4-9(14)5-3-8/h2-5,7,10H,6H2,1H3,(H3,15,16,17). The minimum atomic E-state index is 0.571. The quantitative estimate of drug-likeness (QED) is 0.854. The first-order valence-corrected chi connectivity index (χ1v) is 6.14. The van der Waals surface area contributed by atoms with Gasteiger partial charge in [0.1, 0.15) is 0 Å². The van der Waals surface area contributed by atoms with Crippen LogP contribution in [0.1, 0.15) is 25.0 Å². The zero-order valence-corrected chi connectivity index (χ0v) is 10.3. The molecule has 1 fully saturated rings. The molecule has 1 saturated carbocycles. The summed E-state index contributed by atoms with van der Waals surface area (Å²) < 4.78 is 0. The molecule has 1 aliphatic rings. The predicted molar refractivity (Wildman–Crippen MR) is 70.0 cm³/mol. The first kappa shape index (κ1) is 10.7. The Morgan fingerprint density at radius 2 is 2.00 bits per heavy atom. The van der Waals surface area contributed by atoms with Gasteiger partial charge in [-0.3, -0.25) is 5.10 Å². The molecule has 1 heterocycles. The van der Waals surface area contributed by atoms with Gasteiger partial charge in [0.05, 0.1) is 0 Å². The molecule has 0 amide bonds. The average molecular weight is 248 g/mol. The molecule has 4 heteroatoms. The average Bonchev–Trinajstić information content (AvgIpc) is 2.90. The summed E-state index contributed by atoms with van der Waals surface area (Å²) in [5.74, 6) is 1.87. The SMILES string of the molecule is CC1CC1c1[nH]nc(N)c1-c1ccc(Cl)cc1. The van der Waals surface area contributed by atoms with E-state index in [1.54, 1.807) is 0 Å². The largest absolute Gasteiger partial charge is 0.382 e. The smallest absolute Gasteiger partial charge is 0.153 e. The summed E-state index contributed by atoms with van der Waals surface area (Å²) in [4.78, 5) is 0. The third-order valence-corrected chi connectivity index (χ3v) is 3.69. The molecule has 3 nitrogen and oxygen atoms in total. The van der Waals surface area contributed by atoms with E-state index in [-0.39, 0.29) is 0 Å². The third kappa shape index (κ3) is 1.80. The van der Waals surface area contributed by atoms with Gasteiger partial charge >= 0.3 is 0 Å². The maximum atomic E-state index is 5.95. The van der Waals surface area contributed by atoms with E-state index in [9.17, 15) is 0 Å². The molecule has 88 valence electrons. The van der Waals surface area contributed by atoms with Crippen LogP contribution in [0.25, 0.3) is 11.1 Å². The molecule has 0 spiro atoms. The first-order chi connectivity index (χ1) is 8.16. The predicted octanol–water partition coefficient (Wildman–Crippen LogP) is 3.44. The Morgan fingerprint density at radius 1 is 1.35 bits per heavy atom. The van der Waals surface area contributed by atoms with Crippen molar-refractivity contribution in [1.82, 2.24) is 10.2 Å². The molecule has 0 bridgehead atoms. The monoisotopic (exact) mass is 247 g/mol. The molecule has 17 heavy (non-hydrogen) atoms. The van der Waals surface area contributed by atoms with E-state index in [1.807, 2.05) is 24.3 Å². The number of benzene rings is 1. The Kier molecular flexibility index (Phi) is 2.37. The lowest BCUT2D eigenvalue weighted by Gasteiger charge is -2.03. The molecule has 2 atom stereocenters. The third-order valence-electron chi connectivity index (χ3n) is 3.44. The van der Waals surface area contributed by atoms with Crippen molar-refractivity contribution in [1.29, 1.82) is 0 Å². The highest BCUT2D eigenvalue weighted by molar-refractivity contribution is 6.30. The Bertz CT molecular complexity index is 544. The van der Waals surface area contributed by atoms with E-state index < -0.39 is 0 Å².